The summed E-state index contributed by atoms with van der Waals surface area (Å²) < 4.78 is 3.19. The highest BCUT2D eigenvalue weighted by Gasteiger charge is 2.13. The average Bonchev–Trinajstić information content (AvgIpc) is 2.35. The second-order valence-corrected chi connectivity index (χ2v) is 7.64. The number of halogens is 4. The van der Waals surface area contributed by atoms with Crippen LogP contribution >= 0.6 is 66.1 Å². The minimum atomic E-state index is -0.0808. The predicted octanol–water partition coefficient (Wildman–Crippen LogP) is 5.71. The van der Waals surface area contributed by atoms with Crippen LogP contribution < -0.4 is 5.73 Å². The molecule has 2 aromatic rings. The Labute approximate surface area is 148 Å². The maximum absolute atomic E-state index is 6.30. The maximum Gasteiger partial charge on any atom is 0.0449 e. The molecule has 0 fully saturated rings. The molecule has 0 aromatic heterocycles. The molecule has 5 heteroatoms. The maximum atomic E-state index is 6.30. The van der Waals surface area contributed by atoms with Gasteiger partial charge in [0, 0.05) is 23.6 Å². The van der Waals surface area contributed by atoms with Gasteiger partial charge in [-0.15, -0.1) is 0 Å². The van der Waals surface area contributed by atoms with Gasteiger partial charge in [0.15, 0.2) is 0 Å². The molecule has 0 saturated carbocycles. The highest BCUT2D eigenvalue weighted by atomic mass is 127. The van der Waals surface area contributed by atoms with E-state index in [0.717, 1.165) is 25.1 Å². The normalized spacial score (nSPS) is 12.5. The third kappa shape index (κ3) is 4.17. The van der Waals surface area contributed by atoms with E-state index in [1.807, 2.05) is 30.3 Å². The molecule has 0 heterocycles. The van der Waals surface area contributed by atoms with Crippen LogP contribution in [-0.2, 0) is 6.42 Å². The summed E-state index contributed by atoms with van der Waals surface area (Å²) in [6.45, 7) is 0. The summed E-state index contributed by atoms with van der Waals surface area (Å²) in [6.07, 6.45) is 0.713. The van der Waals surface area contributed by atoms with Crippen LogP contribution in [0, 0.1) is 3.57 Å². The highest BCUT2D eigenvalue weighted by molar-refractivity contribution is 14.1. The molecule has 0 saturated heterocycles. The Hall–Kier alpha value is 0.380. The SMILES string of the molecule is NC(Cc1ccc(Br)cc1Cl)c1cc(I)ccc1Br. The molecule has 19 heavy (non-hydrogen) atoms. The molecule has 100 valence electrons. The lowest BCUT2D eigenvalue weighted by molar-refractivity contribution is 0.718. The van der Waals surface area contributed by atoms with Crippen molar-refractivity contribution >= 4 is 66.1 Å². The number of rotatable bonds is 3. The molecule has 0 amide bonds. The van der Waals surface area contributed by atoms with Gasteiger partial charge >= 0.3 is 0 Å². The Kier molecular flexibility index (Phi) is 5.72. The summed E-state index contributed by atoms with van der Waals surface area (Å²) in [6, 6.07) is 12.0. The van der Waals surface area contributed by atoms with Crippen LogP contribution in [0.3, 0.4) is 0 Å². The quantitative estimate of drug-likeness (QED) is 0.521. The van der Waals surface area contributed by atoms with Gasteiger partial charge in [0.2, 0.25) is 0 Å². The van der Waals surface area contributed by atoms with E-state index in [1.54, 1.807) is 0 Å². The van der Waals surface area contributed by atoms with E-state index in [1.165, 1.54) is 3.57 Å². The van der Waals surface area contributed by atoms with Crippen molar-refractivity contribution in [2.24, 2.45) is 5.73 Å². The molecule has 2 N–H and O–H groups in total. The lowest BCUT2D eigenvalue weighted by Gasteiger charge is -2.15. The van der Waals surface area contributed by atoms with E-state index in [0.29, 0.717) is 6.42 Å². The number of benzene rings is 2. The van der Waals surface area contributed by atoms with Crippen molar-refractivity contribution in [2.75, 3.05) is 0 Å². The highest BCUT2D eigenvalue weighted by Crippen LogP contribution is 2.29. The van der Waals surface area contributed by atoms with Crippen LogP contribution in [0.2, 0.25) is 5.02 Å². The van der Waals surface area contributed by atoms with Crippen molar-refractivity contribution in [1.82, 2.24) is 0 Å². The topological polar surface area (TPSA) is 26.0 Å². The molecule has 0 radical (unpaired) electrons. The van der Waals surface area contributed by atoms with E-state index < -0.39 is 0 Å². The monoisotopic (exact) mass is 513 g/mol. The van der Waals surface area contributed by atoms with Crippen LogP contribution in [0.4, 0.5) is 0 Å². The third-order valence-corrected chi connectivity index (χ3v) is 5.05. The van der Waals surface area contributed by atoms with E-state index in [2.05, 4.69) is 60.5 Å². The number of nitrogens with two attached hydrogens (primary N) is 1. The van der Waals surface area contributed by atoms with Crippen molar-refractivity contribution in [3.63, 3.8) is 0 Å². The van der Waals surface area contributed by atoms with E-state index in [9.17, 15) is 0 Å². The summed E-state index contributed by atoms with van der Waals surface area (Å²) in [7, 11) is 0. The zero-order valence-corrected chi connectivity index (χ0v) is 15.9. The van der Waals surface area contributed by atoms with Crippen molar-refractivity contribution in [2.45, 2.75) is 12.5 Å². The zero-order valence-electron chi connectivity index (χ0n) is 9.84. The first-order valence-electron chi connectivity index (χ1n) is 5.62. The minimum Gasteiger partial charge on any atom is -0.324 e. The van der Waals surface area contributed by atoms with Crippen LogP contribution in [-0.4, -0.2) is 0 Å². The largest absolute Gasteiger partial charge is 0.324 e. The van der Waals surface area contributed by atoms with E-state index in [4.69, 9.17) is 17.3 Å². The summed E-state index contributed by atoms with van der Waals surface area (Å²) >= 11 is 15.5. The van der Waals surface area contributed by atoms with Gasteiger partial charge in [-0.1, -0.05) is 49.5 Å². The Bertz CT molecular complexity index is 604. The second kappa shape index (κ2) is 6.89. The van der Waals surface area contributed by atoms with Crippen LogP contribution in [0.1, 0.15) is 17.2 Å². The standard InChI is InChI=1S/C14H11Br2ClIN/c15-9-2-1-8(13(17)6-9)5-14(19)11-7-10(18)3-4-12(11)16/h1-4,6-7,14H,5,19H2. The molecule has 1 nitrogen and oxygen atoms in total. The third-order valence-electron chi connectivity index (χ3n) is 2.81. The Morgan fingerprint density at radius 3 is 2.58 bits per heavy atom. The first-order chi connectivity index (χ1) is 8.97. The summed E-state index contributed by atoms with van der Waals surface area (Å²) in [4.78, 5) is 0. The molecule has 0 bridgehead atoms. The average molecular weight is 515 g/mol. The van der Waals surface area contributed by atoms with Gasteiger partial charge in [-0.25, -0.2) is 0 Å². The fraction of sp³-hybridized carbons (Fsp3) is 0.143. The molecule has 1 unspecified atom stereocenters. The van der Waals surface area contributed by atoms with Gasteiger partial charge < -0.3 is 5.73 Å². The first kappa shape index (κ1) is 15.8. The van der Waals surface area contributed by atoms with Gasteiger partial charge in [-0.05, 0) is 70.5 Å². The molecule has 0 spiro atoms. The van der Waals surface area contributed by atoms with Crippen molar-refractivity contribution in [3.05, 3.63) is 65.1 Å². The fourth-order valence-corrected chi connectivity index (χ4v) is 3.64. The molecule has 2 rings (SSSR count). The van der Waals surface area contributed by atoms with Crippen molar-refractivity contribution in [3.8, 4) is 0 Å². The lowest BCUT2D eigenvalue weighted by atomic mass is 10.00. The Morgan fingerprint density at radius 2 is 1.89 bits per heavy atom. The lowest BCUT2D eigenvalue weighted by Crippen LogP contribution is -2.14. The van der Waals surface area contributed by atoms with Gasteiger partial charge in [-0.3, -0.25) is 0 Å². The van der Waals surface area contributed by atoms with E-state index >= 15 is 0 Å². The molecule has 0 aliphatic carbocycles. The van der Waals surface area contributed by atoms with E-state index in [-0.39, 0.29) is 6.04 Å². The van der Waals surface area contributed by atoms with Crippen LogP contribution in [0.15, 0.2) is 45.3 Å². The molecule has 0 aliphatic heterocycles. The number of hydrogen-bond donors (Lipinski definition) is 1. The van der Waals surface area contributed by atoms with Crippen LogP contribution in [0.25, 0.3) is 0 Å². The second-order valence-electron chi connectivity index (χ2n) is 4.21. The minimum absolute atomic E-state index is 0.0808. The number of hydrogen-bond acceptors (Lipinski definition) is 1. The molecule has 0 aliphatic rings. The molecular formula is C14H11Br2ClIN. The predicted molar refractivity (Wildman–Crippen MR) is 96.6 cm³/mol. The first-order valence-corrected chi connectivity index (χ1v) is 8.66. The van der Waals surface area contributed by atoms with Crippen molar-refractivity contribution in [1.29, 1.82) is 0 Å². The van der Waals surface area contributed by atoms with Gasteiger partial charge in [0.05, 0.1) is 0 Å². The smallest absolute Gasteiger partial charge is 0.0449 e. The molecule has 2 aromatic carbocycles. The fourth-order valence-electron chi connectivity index (χ4n) is 1.83. The summed E-state index contributed by atoms with van der Waals surface area (Å²) in [5.74, 6) is 0. The summed E-state index contributed by atoms with van der Waals surface area (Å²) in [5.41, 5.74) is 8.46. The Morgan fingerprint density at radius 1 is 1.16 bits per heavy atom. The Balaban J connectivity index is 2.25. The molecule has 1 atom stereocenters. The molecular weight excluding hydrogens is 504 g/mol. The van der Waals surface area contributed by atoms with Gasteiger partial charge in [-0.2, -0.15) is 0 Å². The van der Waals surface area contributed by atoms with Crippen LogP contribution in [0.5, 0.6) is 0 Å². The summed E-state index contributed by atoms with van der Waals surface area (Å²) in [5, 5.41) is 0.742. The zero-order chi connectivity index (χ0) is 14.0. The van der Waals surface area contributed by atoms with Crippen molar-refractivity contribution < 1.29 is 0 Å². The van der Waals surface area contributed by atoms with Gasteiger partial charge in [0.1, 0.15) is 0 Å². The van der Waals surface area contributed by atoms with Gasteiger partial charge in [0.25, 0.3) is 0 Å².